The predicted octanol–water partition coefficient (Wildman–Crippen LogP) is 1.36. The molecule has 3 N–H and O–H groups in total. The molecule has 1 aromatic rings. The van der Waals surface area contributed by atoms with Gasteiger partial charge in [-0.25, -0.2) is 8.78 Å². The Morgan fingerprint density at radius 1 is 1.43 bits per heavy atom. The molecule has 5 heteroatoms. The van der Waals surface area contributed by atoms with Crippen LogP contribution in [0.25, 0.3) is 0 Å². The van der Waals surface area contributed by atoms with Crippen LogP contribution in [0.2, 0.25) is 0 Å². The quantitative estimate of drug-likeness (QED) is 0.759. The number of rotatable bonds is 2. The lowest BCUT2D eigenvalue weighted by Gasteiger charge is -2.09. The zero-order valence-corrected chi connectivity index (χ0v) is 7.42. The Bertz CT molecular complexity index is 379. The third-order valence-corrected chi connectivity index (χ3v) is 1.91. The average molecular weight is 201 g/mol. The van der Waals surface area contributed by atoms with E-state index in [0.29, 0.717) is 0 Å². The Kier molecular flexibility index (Phi) is 2.81. The molecule has 1 atom stereocenters. The van der Waals surface area contributed by atoms with Crippen LogP contribution in [-0.4, -0.2) is 11.1 Å². The minimum Gasteiger partial charge on any atom is -0.480 e. The molecule has 0 aliphatic rings. The number of hydrogen-bond donors (Lipinski definition) is 2. The molecule has 0 heterocycles. The van der Waals surface area contributed by atoms with Crippen molar-refractivity contribution in [3.05, 3.63) is 34.9 Å². The van der Waals surface area contributed by atoms with E-state index >= 15 is 0 Å². The number of carboxylic acids is 1. The average Bonchev–Trinajstić information content (AvgIpc) is 2.13. The minimum atomic E-state index is -1.54. The van der Waals surface area contributed by atoms with E-state index < -0.39 is 23.6 Å². The van der Waals surface area contributed by atoms with Gasteiger partial charge in [-0.1, -0.05) is 12.1 Å². The Morgan fingerprint density at radius 3 is 2.50 bits per heavy atom. The lowest BCUT2D eigenvalue weighted by molar-refractivity contribution is -0.138. The van der Waals surface area contributed by atoms with E-state index in [-0.39, 0.29) is 11.1 Å². The third kappa shape index (κ3) is 1.72. The fraction of sp³-hybridized carbons (Fsp3) is 0.222. The Hall–Kier alpha value is -1.49. The molecule has 1 aromatic carbocycles. The fourth-order valence-corrected chi connectivity index (χ4v) is 1.03. The summed E-state index contributed by atoms with van der Waals surface area (Å²) >= 11 is 0. The number of halogens is 2. The zero-order valence-electron chi connectivity index (χ0n) is 7.42. The van der Waals surface area contributed by atoms with Crippen LogP contribution < -0.4 is 5.73 Å². The van der Waals surface area contributed by atoms with Crippen molar-refractivity contribution < 1.29 is 18.7 Å². The molecular weight excluding hydrogens is 192 g/mol. The standard InChI is InChI=1S/C9H9F2NO2/c1-4-2-3-5(7(11)6(4)10)8(12)9(13)14/h2-3,8H,12H2,1H3,(H,13,14)/t8-/m0/s1. The highest BCUT2D eigenvalue weighted by Gasteiger charge is 2.21. The van der Waals surface area contributed by atoms with E-state index in [2.05, 4.69) is 0 Å². The summed E-state index contributed by atoms with van der Waals surface area (Å²) in [6.45, 7) is 1.38. The van der Waals surface area contributed by atoms with Crippen LogP contribution in [0.3, 0.4) is 0 Å². The Morgan fingerprint density at radius 2 is 2.00 bits per heavy atom. The van der Waals surface area contributed by atoms with Crippen LogP contribution in [0.5, 0.6) is 0 Å². The van der Waals surface area contributed by atoms with Crippen molar-refractivity contribution in [2.45, 2.75) is 13.0 Å². The normalized spacial score (nSPS) is 12.6. The number of benzene rings is 1. The number of hydrogen-bond acceptors (Lipinski definition) is 2. The van der Waals surface area contributed by atoms with Crippen molar-refractivity contribution in [3.8, 4) is 0 Å². The van der Waals surface area contributed by atoms with Gasteiger partial charge in [0.25, 0.3) is 0 Å². The summed E-state index contributed by atoms with van der Waals surface area (Å²) in [6.07, 6.45) is 0. The molecule has 0 aliphatic heterocycles. The van der Waals surface area contributed by atoms with E-state index in [1.807, 2.05) is 0 Å². The first-order valence-electron chi connectivity index (χ1n) is 3.88. The molecule has 0 spiro atoms. The first-order valence-corrected chi connectivity index (χ1v) is 3.88. The summed E-state index contributed by atoms with van der Waals surface area (Å²) in [5.41, 5.74) is 4.92. The molecule has 76 valence electrons. The second-order valence-electron chi connectivity index (χ2n) is 2.92. The fourth-order valence-electron chi connectivity index (χ4n) is 1.03. The van der Waals surface area contributed by atoms with Crippen molar-refractivity contribution in [3.63, 3.8) is 0 Å². The van der Waals surface area contributed by atoms with Gasteiger partial charge in [-0.05, 0) is 12.5 Å². The minimum absolute atomic E-state index is 0.115. The number of carboxylic acid groups (broad SMARTS) is 1. The largest absolute Gasteiger partial charge is 0.480 e. The molecule has 0 bridgehead atoms. The van der Waals surface area contributed by atoms with E-state index in [4.69, 9.17) is 10.8 Å². The number of carbonyl (C=O) groups is 1. The predicted molar refractivity (Wildman–Crippen MR) is 45.7 cm³/mol. The summed E-state index contributed by atoms with van der Waals surface area (Å²) in [5.74, 6) is -3.65. The highest BCUT2D eigenvalue weighted by atomic mass is 19.2. The van der Waals surface area contributed by atoms with Crippen LogP contribution in [0, 0.1) is 18.6 Å². The molecular formula is C9H9F2NO2. The van der Waals surface area contributed by atoms with Gasteiger partial charge in [0, 0.05) is 5.56 Å². The van der Waals surface area contributed by atoms with Gasteiger partial charge in [-0.15, -0.1) is 0 Å². The van der Waals surface area contributed by atoms with Crippen molar-refractivity contribution >= 4 is 5.97 Å². The van der Waals surface area contributed by atoms with E-state index in [9.17, 15) is 13.6 Å². The first-order chi connectivity index (χ1) is 6.45. The number of nitrogens with two attached hydrogens (primary N) is 1. The summed E-state index contributed by atoms with van der Waals surface area (Å²) in [5, 5.41) is 8.51. The highest BCUT2D eigenvalue weighted by Crippen LogP contribution is 2.20. The van der Waals surface area contributed by atoms with Crippen LogP contribution in [0.15, 0.2) is 12.1 Å². The van der Waals surface area contributed by atoms with E-state index in [1.165, 1.54) is 19.1 Å². The summed E-state index contributed by atoms with van der Waals surface area (Å²) in [7, 11) is 0. The molecule has 0 fully saturated rings. The second-order valence-corrected chi connectivity index (χ2v) is 2.92. The van der Waals surface area contributed by atoms with Crippen molar-refractivity contribution in [1.29, 1.82) is 0 Å². The SMILES string of the molecule is Cc1ccc([C@H](N)C(=O)O)c(F)c1F. The van der Waals surface area contributed by atoms with Gasteiger partial charge in [0.05, 0.1) is 0 Å². The molecule has 0 saturated heterocycles. The highest BCUT2D eigenvalue weighted by molar-refractivity contribution is 5.75. The maximum absolute atomic E-state index is 13.2. The van der Waals surface area contributed by atoms with Gasteiger partial charge < -0.3 is 10.8 Å². The molecule has 0 amide bonds. The monoisotopic (exact) mass is 201 g/mol. The van der Waals surface area contributed by atoms with Gasteiger partial charge in [0.1, 0.15) is 6.04 Å². The topological polar surface area (TPSA) is 63.3 Å². The maximum atomic E-state index is 13.2. The molecule has 0 aromatic heterocycles. The van der Waals surface area contributed by atoms with E-state index in [1.54, 1.807) is 0 Å². The maximum Gasteiger partial charge on any atom is 0.325 e. The van der Waals surface area contributed by atoms with Crippen LogP contribution in [-0.2, 0) is 4.79 Å². The lowest BCUT2D eigenvalue weighted by Crippen LogP contribution is -2.22. The molecule has 1 rings (SSSR count). The van der Waals surface area contributed by atoms with Gasteiger partial charge in [-0.3, -0.25) is 4.79 Å². The van der Waals surface area contributed by atoms with Crippen molar-refractivity contribution in [1.82, 2.24) is 0 Å². The lowest BCUT2D eigenvalue weighted by atomic mass is 10.0. The summed E-state index contributed by atoms with van der Waals surface area (Å²) < 4.78 is 26.1. The Balaban J connectivity index is 3.24. The molecule has 3 nitrogen and oxygen atoms in total. The van der Waals surface area contributed by atoms with Crippen LogP contribution in [0.1, 0.15) is 17.2 Å². The Labute approximate surface area is 79.2 Å². The summed E-state index contributed by atoms with van der Waals surface area (Å²) in [6, 6.07) is 0.924. The van der Waals surface area contributed by atoms with Crippen LogP contribution >= 0.6 is 0 Å². The molecule has 0 saturated carbocycles. The first kappa shape index (κ1) is 10.6. The molecule has 0 unspecified atom stereocenters. The zero-order chi connectivity index (χ0) is 10.9. The summed E-state index contributed by atoms with van der Waals surface area (Å²) in [4.78, 5) is 10.4. The molecule has 0 radical (unpaired) electrons. The number of aryl methyl sites for hydroxylation is 1. The van der Waals surface area contributed by atoms with Gasteiger partial charge >= 0.3 is 5.97 Å². The van der Waals surface area contributed by atoms with Crippen molar-refractivity contribution in [2.75, 3.05) is 0 Å². The number of aliphatic carboxylic acids is 1. The van der Waals surface area contributed by atoms with Crippen LogP contribution in [0.4, 0.5) is 8.78 Å². The second kappa shape index (κ2) is 3.71. The molecule has 0 aliphatic carbocycles. The smallest absolute Gasteiger partial charge is 0.325 e. The van der Waals surface area contributed by atoms with Gasteiger partial charge in [0.15, 0.2) is 11.6 Å². The van der Waals surface area contributed by atoms with Crippen molar-refractivity contribution in [2.24, 2.45) is 5.73 Å². The van der Waals surface area contributed by atoms with Gasteiger partial charge in [0.2, 0.25) is 0 Å². The molecule has 14 heavy (non-hydrogen) atoms. The third-order valence-electron chi connectivity index (χ3n) is 1.91. The van der Waals surface area contributed by atoms with E-state index in [0.717, 1.165) is 0 Å². The van der Waals surface area contributed by atoms with Gasteiger partial charge in [-0.2, -0.15) is 0 Å².